The summed E-state index contributed by atoms with van der Waals surface area (Å²) >= 11 is 0. The van der Waals surface area contributed by atoms with Crippen LogP contribution in [0.1, 0.15) is 78.7 Å². The fourth-order valence-corrected chi connectivity index (χ4v) is 7.33. The van der Waals surface area contributed by atoms with E-state index < -0.39 is 53.1 Å². The van der Waals surface area contributed by atoms with Crippen LogP contribution in [-0.4, -0.2) is 94.2 Å². The first-order valence-corrected chi connectivity index (χ1v) is 19.1. The Morgan fingerprint density at radius 1 is 0.981 bits per heavy atom. The molecule has 288 valence electrons. The molecule has 0 spiro atoms. The molecule has 3 heterocycles. The van der Waals surface area contributed by atoms with Crippen LogP contribution in [-0.2, 0) is 23.9 Å². The molecule has 3 aliphatic rings. The van der Waals surface area contributed by atoms with E-state index in [2.05, 4.69) is 16.7 Å². The molecule has 6 rings (SSSR count). The Morgan fingerprint density at radius 3 is 2.31 bits per heavy atom. The first-order valence-electron chi connectivity index (χ1n) is 19.1. The second kappa shape index (κ2) is 16.0. The van der Waals surface area contributed by atoms with Gasteiger partial charge in [-0.25, -0.2) is 9.59 Å². The van der Waals surface area contributed by atoms with Crippen LogP contribution in [0.3, 0.4) is 0 Å². The highest BCUT2D eigenvalue weighted by Crippen LogP contribution is 2.46. The van der Waals surface area contributed by atoms with Gasteiger partial charge in [0, 0.05) is 49.8 Å². The smallest absolute Gasteiger partial charge is 0.408 e. The van der Waals surface area contributed by atoms with E-state index in [1.54, 1.807) is 32.5 Å². The molecule has 1 saturated heterocycles. The number of fused-ring (bicyclic) bond motifs is 2. The second-order valence-electron chi connectivity index (χ2n) is 15.7. The van der Waals surface area contributed by atoms with Crippen molar-refractivity contribution < 1.29 is 28.7 Å². The quantitative estimate of drug-likeness (QED) is 0.231. The fraction of sp³-hybridized carbons (Fsp3) is 0.512. The van der Waals surface area contributed by atoms with Gasteiger partial charge in [-0.1, -0.05) is 67.5 Å². The molecule has 2 aliphatic heterocycles. The van der Waals surface area contributed by atoms with E-state index in [0.29, 0.717) is 30.7 Å². The van der Waals surface area contributed by atoms with Crippen molar-refractivity contribution in [3.05, 3.63) is 66.7 Å². The minimum Gasteiger partial charge on any atom is -0.464 e. The van der Waals surface area contributed by atoms with Crippen molar-refractivity contribution in [3.8, 4) is 22.5 Å². The van der Waals surface area contributed by atoms with Gasteiger partial charge >= 0.3 is 12.1 Å². The molecule has 13 heteroatoms. The number of carbonyl (C=O) groups excluding carboxylic acids is 4. The Kier molecular flexibility index (Phi) is 11.4. The number of rotatable bonds is 7. The molecule has 0 unspecified atom stereocenters. The largest absolute Gasteiger partial charge is 0.464 e. The summed E-state index contributed by atoms with van der Waals surface area (Å²) < 4.78 is 11.0. The monoisotopic (exact) mass is 739 g/mol. The standard InChI is InChI=1S/C41H53N7O6/c1-7-53-38(51)41-25-29(41)18-14-9-8-10-15-19-32(42-39(52)54-40(2,3)4)37(50)47-26-31(24-33(47)36(49)43-41)48-44-34(27-16-12-11-13-17-27)35(45-48)28-20-22-30(23-21-28)46(5)6/h11-14,16-18,20-23,29,31-33H,7-10,15,19,24-26H2,1-6H3,(H,42,52)(H,43,49)/t29-,31-,32+,33+,41-/m1/s1. The average molecular weight is 740 g/mol. The molecule has 2 N–H and O–H groups in total. The number of carbonyl (C=O) groups is 4. The molecule has 2 fully saturated rings. The number of amides is 3. The maximum Gasteiger partial charge on any atom is 0.408 e. The van der Waals surface area contributed by atoms with Crippen molar-refractivity contribution in [1.29, 1.82) is 0 Å². The number of anilines is 1. The van der Waals surface area contributed by atoms with Crippen molar-refractivity contribution >= 4 is 29.6 Å². The van der Waals surface area contributed by atoms with Crippen molar-refractivity contribution in [2.24, 2.45) is 5.92 Å². The Bertz CT molecular complexity index is 1850. The lowest BCUT2D eigenvalue weighted by Gasteiger charge is -2.30. The predicted molar refractivity (Wildman–Crippen MR) is 205 cm³/mol. The van der Waals surface area contributed by atoms with E-state index >= 15 is 0 Å². The summed E-state index contributed by atoms with van der Waals surface area (Å²) in [7, 11) is 3.97. The van der Waals surface area contributed by atoms with Crippen LogP contribution in [0.15, 0.2) is 66.7 Å². The molecule has 3 amide bonds. The van der Waals surface area contributed by atoms with Crippen molar-refractivity contribution in [1.82, 2.24) is 30.5 Å². The number of allylic oxidation sites excluding steroid dienone is 1. The number of hydrogen-bond donors (Lipinski definition) is 2. The molecule has 0 radical (unpaired) electrons. The van der Waals surface area contributed by atoms with Gasteiger partial charge in [-0.05, 0) is 65.5 Å². The summed E-state index contributed by atoms with van der Waals surface area (Å²) in [4.78, 5) is 60.6. The lowest BCUT2D eigenvalue weighted by Crippen LogP contribution is -2.56. The third-order valence-electron chi connectivity index (χ3n) is 10.2. The maximum absolute atomic E-state index is 14.6. The van der Waals surface area contributed by atoms with Crippen LogP contribution in [0.25, 0.3) is 22.5 Å². The third kappa shape index (κ3) is 8.61. The molecule has 1 aromatic heterocycles. The zero-order valence-corrected chi connectivity index (χ0v) is 32.2. The second-order valence-corrected chi connectivity index (χ2v) is 15.7. The Hall–Kier alpha value is -5.20. The molecule has 54 heavy (non-hydrogen) atoms. The summed E-state index contributed by atoms with van der Waals surface area (Å²) in [5.74, 6) is -1.56. The SMILES string of the molecule is CCOC(=O)[C@@]12C[C@H]1C=CCCCCC[C@H](NC(=O)OC(C)(C)C)C(=O)N1C[C@H](n3nc(-c4ccccc4)c(-c4ccc(N(C)C)cc4)n3)C[C@H]1C(=O)N2. The maximum atomic E-state index is 14.6. The van der Waals surface area contributed by atoms with E-state index in [-0.39, 0.29) is 25.5 Å². The number of aromatic nitrogens is 3. The molecule has 1 aliphatic carbocycles. The number of alkyl carbamates (subject to hydrolysis) is 1. The summed E-state index contributed by atoms with van der Waals surface area (Å²) in [6, 6.07) is 15.5. The highest BCUT2D eigenvalue weighted by atomic mass is 16.6. The predicted octanol–water partition coefficient (Wildman–Crippen LogP) is 5.67. The van der Waals surface area contributed by atoms with Crippen molar-refractivity contribution in [3.63, 3.8) is 0 Å². The summed E-state index contributed by atoms with van der Waals surface area (Å²) in [5.41, 5.74) is 2.16. The summed E-state index contributed by atoms with van der Waals surface area (Å²) in [5, 5.41) is 15.9. The Labute approximate surface area is 317 Å². The van der Waals surface area contributed by atoms with Crippen molar-refractivity contribution in [2.75, 3.05) is 32.1 Å². The lowest BCUT2D eigenvalue weighted by molar-refractivity contribution is -0.150. The fourth-order valence-electron chi connectivity index (χ4n) is 7.33. The van der Waals surface area contributed by atoms with E-state index in [0.717, 1.165) is 36.1 Å². The van der Waals surface area contributed by atoms with Gasteiger partial charge in [-0.2, -0.15) is 15.0 Å². The van der Waals surface area contributed by atoms with Gasteiger partial charge in [0.05, 0.1) is 12.6 Å². The third-order valence-corrected chi connectivity index (χ3v) is 10.2. The lowest BCUT2D eigenvalue weighted by atomic mass is 10.0. The molecule has 1 saturated carbocycles. The highest BCUT2D eigenvalue weighted by molar-refractivity contribution is 5.96. The van der Waals surface area contributed by atoms with Gasteiger partial charge in [-0.15, -0.1) is 0 Å². The van der Waals surface area contributed by atoms with Gasteiger partial charge in [0.2, 0.25) is 11.8 Å². The van der Waals surface area contributed by atoms with Gasteiger partial charge in [0.15, 0.2) is 0 Å². The first-order chi connectivity index (χ1) is 25.8. The molecule has 0 bridgehead atoms. The zero-order chi connectivity index (χ0) is 38.6. The zero-order valence-electron chi connectivity index (χ0n) is 32.2. The van der Waals surface area contributed by atoms with Gasteiger partial charge < -0.3 is 29.9 Å². The minimum atomic E-state index is -1.21. The van der Waals surface area contributed by atoms with Crippen LogP contribution in [0, 0.1) is 5.92 Å². The van der Waals surface area contributed by atoms with Crippen molar-refractivity contribution in [2.45, 2.75) is 102 Å². The number of nitrogens with zero attached hydrogens (tertiary/aromatic N) is 5. The highest BCUT2D eigenvalue weighted by Gasteiger charge is 2.62. The number of esters is 1. The summed E-state index contributed by atoms with van der Waals surface area (Å²) in [6.45, 7) is 7.32. The van der Waals surface area contributed by atoms with E-state index in [9.17, 15) is 19.2 Å². The van der Waals surface area contributed by atoms with Crippen LogP contribution < -0.4 is 15.5 Å². The topological polar surface area (TPSA) is 148 Å². The van der Waals surface area contributed by atoms with Gasteiger partial charge in [0.25, 0.3) is 0 Å². The average Bonchev–Trinajstić information content (AvgIpc) is 3.43. The molecule has 2 aromatic carbocycles. The Morgan fingerprint density at radius 2 is 1.67 bits per heavy atom. The van der Waals surface area contributed by atoms with Crippen LogP contribution in [0.5, 0.6) is 0 Å². The molecule has 5 atom stereocenters. The number of ether oxygens (including phenoxy) is 2. The van der Waals surface area contributed by atoms with Crippen LogP contribution >= 0.6 is 0 Å². The number of benzene rings is 2. The Balaban J connectivity index is 1.38. The number of hydrogen-bond acceptors (Lipinski definition) is 9. The van der Waals surface area contributed by atoms with E-state index in [4.69, 9.17) is 19.7 Å². The van der Waals surface area contributed by atoms with Crippen LogP contribution in [0.2, 0.25) is 0 Å². The van der Waals surface area contributed by atoms with E-state index in [1.165, 1.54) is 4.90 Å². The molecular weight excluding hydrogens is 686 g/mol. The van der Waals surface area contributed by atoms with E-state index in [1.807, 2.05) is 79.7 Å². The molecule has 3 aromatic rings. The molecule has 13 nitrogen and oxygen atoms in total. The van der Waals surface area contributed by atoms with Gasteiger partial charge in [0.1, 0.15) is 34.6 Å². The molecular formula is C41H53N7O6. The van der Waals surface area contributed by atoms with Crippen LogP contribution in [0.4, 0.5) is 10.5 Å². The minimum absolute atomic E-state index is 0.112. The van der Waals surface area contributed by atoms with Gasteiger partial charge in [-0.3, -0.25) is 9.59 Å². The normalized spacial score (nSPS) is 24.7. The first kappa shape index (κ1) is 38.5. The summed E-state index contributed by atoms with van der Waals surface area (Å²) in [6.07, 6.45) is 7.51. The number of nitrogens with one attached hydrogen (secondary N) is 2.